The third kappa shape index (κ3) is 6.99. The zero-order valence-electron chi connectivity index (χ0n) is 20.2. The molecule has 0 saturated carbocycles. The molecule has 1 aliphatic rings. The number of anilines is 1. The monoisotopic (exact) mass is 579 g/mol. The number of likely N-dealkylation sites (tertiary alicyclic amines) is 1. The number of ether oxygens (including phenoxy) is 1. The summed E-state index contributed by atoms with van der Waals surface area (Å²) in [6.45, 7) is 2.03. The van der Waals surface area contributed by atoms with Crippen molar-refractivity contribution in [1.29, 1.82) is 0 Å². The van der Waals surface area contributed by atoms with Crippen LogP contribution in [-0.2, 0) is 17.7 Å². The minimum atomic E-state index is -4.84. The summed E-state index contributed by atoms with van der Waals surface area (Å²) < 4.78 is 108. The molecule has 0 spiro atoms. The Balaban J connectivity index is 1.60. The number of halogens is 6. The van der Waals surface area contributed by atoms with Gasteiger partial charge in [0.15, 0.2) is 0 Å². The Hall–Kier alpha value is -2.35. The second-order valence-corrected chi connectivity index (χ2v) is 11.1. The molecular weight excluding hydrogens is 554 g/mol. The maximum Gasteiger partial charge on any atom is 0.573 e. The third-order valence-corrected chi connectivity index (χ3v) is 8.84. The number of hydrogen-bond acceptors (Lipinski definition) is 5. The lowest BCUT2D eigenvalue weighted by Gasteiger charge is -2.40. The van der Waals surface area contributed by atoms with Crippen LogP contribution >= 0.6 is 11.3 Å². The quantitative estimate of drug-likeness (QED) is 0.223. The number of hydrogen-bond donors (Lipinski definition) is 0. The van der Waals surface area contributed by atoms with Crippen molar-refractivity contribution in [2.45, 2.75) is 44.8 Å². The predicted molar refractivity (Wildman–Crippen MR) is 134 cm³/mol. The molecule has 0 bridgehead atoms. The molecule has 13 heteroatoms. The van der Waals surface area contributed by atoms with E-state index in [1.165, 1.54) is 27.8 Å². The average molecular weight is 580 g/mol. The van der Waals surface area contributed by atoms with E-state index in [0.717, 1.165) is 27.8 Å². The van der Waals surface area contributed by atoms with Gasteiger partial charge in [0.2, 0.25) is 0 Å². The third-order valence-electron chi connectivity index (χ3n) is 6.74. The van der Waals surface area contributed by atoms with Crippen molar-refractivity contribution in [1.82, 2.24) is 4.90 Å². The highest BCUT2D eigenvalue weighted by molar-refractivity contribution is 7.81. The van der Waals surface area contributed by atoms with E-state index in [1.54, 1.807) is 0 Å². The summed E-state index contributed by atoms with van der Waals surface area (Å²) in [4.78, 5) is 1.84. The Bertz CT molecular complexity index is 1250. The van der Waals surface area contributed by atoms with Crippen LogP contribution in [0.1, 0.15) is 24.0 Å². The first-order valence-electron chi connectivity index (χ1n) is 11.8. The summed E-state index contributed by atoms with van der Waals surface area (Å²) in [5, 5.41) is 1.43. The maximum atomic E-state index is 13.3. The Morgan fingerprint density at radius 3 is 2.26 bits per heavy atom. The molecule has 0 N–H and O–H groups in total. The van der Waals surface area contributed by atoms with Gasteiger partial charge >= 0.3 is 12.5 Å². The van der Waals surface area contributed by atoms with Gasteiger partial charge in [-0.15, -0.1) is 24.5 Å². The van der Waals surface area contributed by atoms with Crippen LogP contribution in [0.4, 0.5) is 31.3 Å². The molecule has 5 nitrogen and oxygen atoms in total. The highest BCUT2D eigenvalue weighted by atomic mass is 32.2. The molecule has 1 saturated heterocycles. The van der Waals surface area contributed by atoms with E-state index in [1.807, 2.05) is 36.1 Å². The lowest BCUT2D eigenvalue weighted by atomic mass is 9.93. The minimum absolute atomic E-state index is 0.0265. The van der Waals surface area contributed by atoms with E-state index in [4.69, 9.17) is 0 Å². The number of alkyl halides is 6. The van der Waals surface area contributed by atoms with Crippen LogP contribution in [0.2, 0.25) is 0 Å². The minimum Gasteiger partial charge on any atom is -0.755 e. The van der Waals surface area contributed by atoms with Gasteiger partial charge in [-0.1, -0.05) is 30.3 Å². The van der Waals surface area contributed by atoms with Crippen molar-refractivity contribution in [3.8, 4) is 5.75 Å². The number of piperidine rings is 1. The van der Waals surface area contributed by atoms with E-state index >= 15 is 0 Å². The average Bonchev–Trinajstić information content (AvgIpc) is 3.17. The van der Waals surface area contributed by atoms with E-state index in [0.29, 0.717) is 10.6 Å². The van der Waals surface area contributed by atoms with Crippen molar-refractivity contribution >= 4 is 37.7 Å². The molecule has 0 radical (unpaired) electrons. The molecule has 3 aromatic rings. The standard InChI is InChI=1S/C25H26F6N2O3S2/c1-16-21-4-2-3-5-22(21)37-23(16)33(38(34)35)15-19(32-12-10-18(11-13-32)24(26,27)28)14-17-6-8-20(9-7-17)36-25(29,30)31/h2-9,18-19H,10-15H2,1H3,(H,34,35)/p-1. The fourth-order valence-corrected chi connectivity index (χ4v) is 6.79. The van der Waals surface area contributed by atoms with Gasteiger partial charge in [-0.25, -0.2) is 0 Å². The van der Waals surface area contributed by atoms with Crippen molar-refractivity contribution < 1.29 is 39.8 Å². The van der Waals surface area contributed by atoms with Gasteiger partial charge in [-0.3, -0.25) is 13.4 Å². The van der Waals surface area contributed by atoms with E-state index in [9.17, 15) is 35.1 Å². The van der Waals surface area contributed by atoms with Crippen LogP contribution in [0.5, 0.6) is 5.75 Å². The molecule has 0 amide bonds. The highest BCUT2D eigenvalue weighted by Crippen LogP contribution is 2.39. The first-order chi connectivity index (χ1) is 17.8. The van der Waals surface area contributed by atoms with Gasteiger partial charge in [0, 0.05) is 28.6 Å². The number of rotatable bonds is 8. The summed E-state index contributed by atoms with van der Waals surface area (Å²) >= 11 is -1.36. The zero-order valence-corrected chi connectivity index (χ0v) is 21.9. The number of thiophene rings is 1. The second kappa shape index (κ2) is 11.4. The second-order valence-electron chi connectivity index (χ2n) is 9.21. The molecular formula is C25H25F6N2O3S2-. The van der Waals surface area contributed by atoms with Gasteiger partial charge in [0.05, 0.1) is 5.92 Å². The number of fused-ring (bicyclic) bond motifs is 1. The Labute approximate surface area is 222 Å². The van der Waals surface area contributed by atoms with E-state index in [2.05, 4.69) is 4.74 Å². The van der Waals surface area contributed by atoms with Gasteiger partial charge in [-0.2, -0.15) is 13.2 Å². The molecule has 1 aliphatic heterocycles. The lowest BCUT2D eigenvalue weighted by Crippen LogP contribution is -2.50. The van der Waals surface area contributed by atoms with Gasteiger partial charge in [0.1, 0.15) is 10.8 Å². The Morgan fingerprint density at radius 1 is 1.08 bits per heavy atom. The SMILES string of the molecule is Cc1c(N(CC(Cc2ccc(OC(F)(F)F)cc2)N2CCC(C(F)(F)F)CC2)S(=O)[O-])sc2ccccc12. The van der Waals surface area contributed by atoms with Crippen molar-refractivity contribution in [2.24, 2.45) is 5.92 Å². The molecule has 2 unspecified atom stereocenters. The van der Waals surface area contributed by atoms with Gasteiger partial charge in [-0.05, 0) is 74.0 Å². The molecule has 1 fully saturated rings. The van der Waals surface area contributed by atoms with Crippen LogP contribution in [0.15, 0.2) is 48.5 Å². The molecule has 0 aliphatic carbocycles. The highest BCUT2D eigenvalue weighted by Gasteiger charge is 2.42. The Morgan fingerprint density at radius 2 is 1.71 bits per heavy atom. The number of benzene rings is 2. The molecule has 208 valence electrons. The fraction of sp³-hybridized carbons (Fsp3) is 0.440. The smallest absolute Gasteiger partial charge is 0.573 e. The number of aryl methyl sites for hydroxylation is 1. The summed E-state index contributed by atoms with van der Waals surface area (Å²) in [6.07, 6.45) is -9.14. The maximum absolute atomic E-state index is 13.3. The Kier molecular flexibility index (Phi) is 8.60. The topological polar surface area (TPSA) is 55.8 Å². The fourth-order valence-electron chi connectivity index (χ4n) is 4.80. The molecule has 4 rings (SSSR count). The normalized spacial score (nSPS) is 17.5. The first-order valence-corrected chi connectivity index (χ1v) is 13.7. The lowest BCUT2D eigenvalue weighted by molar-refractivity contribution is -0.274. The van der Waals surface area contributed by atoms with Gasteiger partial charge in [0.25, 0.3) is 0 Å². The van der Waals surface area contributed by atoms with Crippen molar-refractivity contribution in [3.05, 3.63) is 59.7 Å². The van der Waals surface area contributed by atoms with E-state index in [-0.39, 0.29) is 38.9 Å². The number of nitrogens with zero attached hydrogens (tertiary/aromatic N) is 2. The summed E-state index contributed by atoms with van der Waals surface area (Å²) in [5.74, 6) is -1.82. The summed E-state index contributed by atoms with van der Waals surface area (Å²) in [6, 6.07) is 12.2. The van der Waals surface area contributed by atoms with Crippen LogP contribution in [0, 0.1) is 12.8 Å². The predicted octanol–water partition coefficient (Wildman–Crippen LogP) is 6.59. The van der Waals surface area contributed by atoms with Crippen molar-refractivity contribution in [3.63, 3.8) is 0 Å². The van der Waals surface area contributed by atoms with Crippen LogP contribution in [-0.4, -0.2) is 51.9 Å². The summed E-state index contributed by atoms with van der Waals surface area (Å²) in [5.41, 5.74) is 1.38. The zero-order chi connectivity index (χ0) is 27.7. The van der Waals surface area contributed by atoms with Gasteiger partial charge < -0.3 is 9.29 Å². The molecule has 38 heavy (non-hydrogen) atoms. The molecule has 2 atom stereocenters. The molecule has 2 heterocycles. The van der Waals surface area contributed by atoms with Crippen molar-refractivity contribution in [2.75, 3.05) is 23.9 Å². The molecule has 1 aromatic heterocycles. The van der Waals surface area contributed by atoms with Crippen LogP contribution < -0.4 is 9.04 Å². The largest absolute Gasteiger partial charge is 0.755 e. The summed E-state index contributed by atoms with van der Waals surface area (Å²) in [7, 11) is 0. The molecule has 2 aromatic carbocycles. The van der Waals surface area contributed by atoms with Crippen LogP contribution in [0.25, 0.3) is 10.1 Å². The van der Waals surface area contributed by atoms with Crippen LogP contribution in [0.3, 0.4) is 0 Å². The van der Waals surface area contributed by atoms with E-state index < -0.39 is 41.5 Å². The first kappa shape index (κ1) is 28.7.